The first-order valence-electron chi connectivity index (χ1n) is 7.96. The number of hydrogen-bond donors (Lipinski definition) is 0. The number of amides is 1. The lowest BCUT2D eigenvalue weighted by atomic mass is 9.90. The Labute approximate surface area is 140 Å². The van der Waals surface area contributed by atoms with Crippen LogP contribution in [0.1, 0.15) is 12.0 Å². The number of rotatable bonds is 3. The van der Waals surface area contributed by atoms with E-state index in [9.17, 15) is 9.59 Å². The second-order valence-corrected chi connectivity index (χ2v) is 5.82. The van der Waals surface area contributed by atoms with Gasteiger partial charge in [-0.15, -0.1) is 0 Å². The maximum Gasteiger partial charge on any atom is 0.410 e. The number of methoxy groups -OCH3 is 1. The fourth-order valence-electron chi connectivity index (χ4n) is 3.10. The first kappa shape index (κ1) is 16.7. The van der Waals surface area contributed by atoms with Gasteiger partial charge in [-0.2, -0.15) is 0 Å². The SMILES string of the molecule is COC(=O)C1CN(C(=O)OCc2ccccc2)CCC12OCCO2. The molecule has 0 radical (unpaired) electrons. The van der Waals surface area contributed by atoms with Gasteiger partial charge in [0.2, 0.25) is 0 Å². The summed E-state index contributed by atoms with van der Waals surface area (Å²) in [6.07, 6.45) is -0.0479. The molecule has 1 amide bonds. The monoisotopic (exact) mass is 335 g/mol. The Hall–Kier alpha value is -2.12. The van der Waals surface area contributed by atoms with Gasteiger partial charge in [-0.25, -0.2) is 4.79 Å². The van der Waals surface area contributed by atoms with E-state index >= 15 is 0 Å². The minimum absolute atomic E-state index is 0.153. The Bertz CT molecular complexity index is 584. The lowest BCUT2D eigenvalue weighted by Gasteiger charge is -2.41. The van der Waals surface area contributed by atoms with Crippen LogP contribution >= 0.6 is 0 Å². The molecule has 0 saturated carbocycles. The molecule has 0 aliphatic carbocycles. The molecule has 1 spiro atoms. The summed E-state index contributed by atoms with van der Waals surface area (Å²) in [6, 6.07) is 9.44. The normalized spacial score (nSPS) is 22.4. The Morgan fingerprint density at radius 1 is 1.25 bits per heavy atom. The molecule has 7 heteroatoms. The zero-order valence-corrected chi connectivity index (χ0v) is 13.6. The molecular weight excluding hydrogens is 314 g/mol. The number of carbonyl (C=O) groups is 2. The van der Waals surface area contributed by atoms with Gasteiger partial charge in [0.15, 0.2) is 5.79 Å². The Balaban J connectivity index is 1.62. The number of benzene rings is 1. The molecule has 2 aliphatic heterocycles. The highest BCUT2D eigenvalue weighted by Crippen LogP contribution is 2.37. The van der Waals surface area contributed by atoms with Crippen LogP contribution in [0, 0.1) is 5.92 Å². The van der Waals surface area contributed by atoms with Gasteiger partial charge in [-0.3, -0.25) is 4.79 Å². The topological polar surface area (TPSA) is 74.3 Å². The molecule has 7 nitrogen and oxygen atoms in total. The molecule has 24 heavy (non-hydrogen) atoms. The number of piperidine rings is 1. The molecular formula is C17H21NO6. The van der Waals surface area contributed by atoms with Crippen molar-refractivity contribution in [1.29, 1.82) is 0 Å². The van der Waals surface area contributed by atoms with E-state index in [1.807, 2.05) is 30.3 Å². The average Bonchev–Trinajstić information content (AvgIpc) is 3.09. The summed E-state index contributed by atoms with van der Waals surface area (Å²) in [5.74, 6) is -2.11. The highest BCUT2D eigenvalue weighted by atomic mass is 16.7. The Morgan fingerprint density at radius 2 is 1.96 bits per heavy atom. The average molecular weight is 335 g/mol. The summed E-state index contributed by atoms with van der Waals surface area (Å²) < 4.78 is 21.5. The van der Waals surface area contributed by atoms with Crippen molar-refractivity contribution in [3.8, 4) is 0 Å². The maximum absolute atomic E-state index is 12.3. The molecule has 1 atom stereocenters. The van der Waals surface area contributed by atoms with E-state index in [1.54, 1.807) is 0 Å². The molecule has 1 aromatic carbocycles. The van der Waals surface area contributed by atoms with Gasteiger partial charge in [0.05, 0.1) is 20.3 Å². The molecule has 1 unspecified atom stereocenters. The molecule has 0 bridgehead atoms. The van der Waals surface area contributed by atoms with E-state index < -0.39 is 23.8 Å². The third kappa shape index (κ3) is 3.37. The minimum Gasteiger partial charge on any atom is -0.469 e. The van der Waals surface area contributed by atoms with Crippen LogP contribution < -0.4 is 0 Å². The highest BCUT2D eigenvalue weighted by molar-refractivity contribution is 5.76. The largest absolute Gasteiger partial charge is 0.469 e. The molecule has 2 aliphatic rings. The van der Waals surface area contributed by atoms with Gasteiger partial charge in [0, 0.05) is 19.5 Å². The van der Waals surface area contributed by atoms with E-state index in [1.165, 1.54) is 12.0 Å². The highest BCUT2D eigenvalue weighted by Gasteiger charge is 2.53. The van der Waals surface area contributed by atoms with Crippen molar-refractivity contribution in [3.05, 3.63) is 35.9 Å². The molecule has 1 aromatic rings. The van der Waals surface area contributed by atoms with Gasteiger partial charge < -0.3 is 23.8 Å². The second-order valence-electron chi connectivity index (χ2n) is 5.82. The predicted molar refractivity (Wildman–Crippen MR) is 83.0 cm³/mol. The third-order valence-electron chi connectivity index (χ3n) is 4.39. The minimum atomic E-state index is -0.983. The Kier molecular flexibility index (Phi) is 5.01. The first-order chi connectivity index (χ1) is 11.6. The number of hydrogen-bond acceptors (Lipinski definition) is 6. The number of likely N-dealkylation sites (tertiary alicyclic amines) is 1. The molecule has 2 fully saturated rings. The van der Waals surface area contributed by atoms with Crippen LogP contribution in [-0.2, 0) is 30.3 Å². The summed E-state index contributed by atoms with van der Waals surface area (Å²) in [4.78, 5) is 25.9. The molecule has 0 N–H and O–H groups in total. The van der Waals surface area contributed by atoms with E-state index in [-0.39, 0.29) is 13.2 Å². The second kappa shape index (κ2) is 7.19. The van der Waals surface area contributed by atoms with Crippen molar-refractivity contribution in [2.24, 2.45) is 5.92 Å². The number of ether oxygens (including phenoxy) is 4. The molecule has 2 heterocycles. The smallest absolute Gasteiger partial charge is 0.410 e. The summed E-state index contributed by atoms with van der Waals surface area (Å²) in [6.45, 7) is 1.62. The summed E-state index contributed by atoms with van der Waals surface area (Å²) >= 11 is 0. The van der Waals surface area contributed by atoms with Gasteiger partial charge in [-0.05, 0) is 5.56 Å². The van der Waals surface area contributed by atoms with Crippen LogP contribution in [0.2, 0.25) is 0 Å². The molecule has 0 aromatic heterocycles. The van der Waals surface area contributed by atoms with E-state index in [2.05, 4.69) is 0 Å². The summed E-state index contributed by atoms with van der Waals surface area (Å²) in [7, 11) is 1.32. The zero-order chi connectivity index (χ0) is 17.0. The van der Waals surface area contributed by atoms with Crippen molar-refractivity contribution in [3.63, 3.8) is 0 Å². The molecule has 2 saturated heterocycles. The lowest BCUT2D eigenvalue weighted by Crippen LogP contribution is -2.57. The van der Waals surface area contributed by atoms with Gasteiger partial charge >= 0.3 is 12.1 Å². The summed E-state index contributed by atoms with van der Waals surface area (Å²) in [5, 5.41) is 0. The quantitative estimate of drug-likeness (QED) is 0.781. The van der Waals surface area contributed by atoms with E-state index in [0.29, 0.717) is 26.2 Å². The van der Waals surface area contributed by atoms with E-state index in [4.69, 9.17) is 18.9 Å². The van der Waals surface area contributed by atoms with Crippen LogP contribution in [0.15, 0.2) is 30.3 Å². The van der Waals surface area contributed by atoms with Gasteiger partial charge in [0.1, 0.15) is 12.5 Å². The van der Waals surface area contributed by atoms with Crippen LogP contribution in [0.4, 0.5) is 4.79 Å². The summed E-state index contributed by atoms with van der Waals surface area (Å²) in [5.41, 5.74) is 0.909. The van der Waals surface area contributed by atoms with Crippen molar-refractivity contribution < 1.29 is 28.5 Å². The van der Waals surface area contributed by atoms with Crippen molar-refractivity contribution in [1.82, 2.24) is 4.90 Å². The van der Waals surface area contributed by atoms with Crippen molar-refractivity contribution >= 4 is 12.1 Å². The predicted octanol–water partition coefficient (Wildman–Crippen LogP) is 1.56. The van der Waals surface area contributed by atoms with Crippen LogP contribution in [0.5, 0.6) is 0 Å². The van der Waals surface area contributed by atoms with Crippen LogP contribution in [0.3, 0.4) is 0 Å². The van der Waals surface area contributed by atoms with E-state index in [0.717, 1.165) is 5.56 Å². The van der Waals surface area contributed by atoms with Gasteiger partial charge in [-0.1, -0.05) is 30.3 Å². The number of carbonyl (C=O) groups excluding carboxylic acids is 2. The van der Waals surface area contributed by atoms with Crippen LogP contribution in [-0.4, -0.2) is 56.2 Å². The Morgan fingerprint density at radius 3 is 2.62 bits per heavy atom. The fraction of sp³-hybridized carbons (Fsp3) is 0.529. The molecule has 130 valence electrons. The fourth-order valence-corrected chi connectivity index (χ4v) is 3.10. The lowest BCUT2D eigenvalue weighted by molar-refractivity contribution is -0.225. The first-order valence-corrected chi connectivity index (χ1v) is 7.96. The number of esters is 1. The van der Waals surface area contributed by atoms with Crippen molar-refractivity contribution in [2.45, 2.75) is 18.8 Å². The third-order valence-corrected chi connectivity index (χ3v) is 4.39. The van der Waals surface area contributed by atoms with Crippen LogP contribution in [0.25, 0.3) is 0 Å². The standard InChI is InChI=1S/C17H21NO6/c1-21-15(19)14-11-18(8-7-17(14)23-9-10-24-17)16(20)22-12-13-5-3-2-4-6-13/h2-6,14H,7-12H2,1H3. The maximum atomic E-state index is 12.3. The number of nitrogens with zero attached hydrogens (tertiary/aromatic N) is 1. The zero-order valence-electron chi connectivity index (χ0n) is 13.6. The molecule has 3 rings (SSSR count). The van der Waals surface area contributed by atoms with Crippen molar-refractivity contribution in [2.75, 3.05) is 33.4 Å². The van der Waals surface area contributed by atoms with Gasteiger partial charge in [0.25, 0.3) is 0 Å².